The van der Waals surface area contributed by atoms with Crippen LogP contribution in [0.25, 0.3) is 0 Å². The molecule has 13 N–H and O–H groups in total. The van der Waals surface area contributed by atoms with Gasteiger partial charge in [-0.25, -0.2) is 9.78 Å². The first-order valence-electron chi connectivity index (χ1n) is 11.5. The maximum atomic E-state index is 13.0. The van der Waals surface area contributed by atoms with Gasteiger partial charge in [0.25, 0.3) is 0 Å². The summed E-state index contributed by atoms with van der Waals surface area (Å²) in [5.74, 6) is -5.09. The number of carbonyl (C=O) groups excluding carboxylic acids is 4. The predicted molar refractivity (Wildman–Crippen MR) is 132 cm³/mol. The fourth-order valence-electron chi connectivity index (χ4n) is 3.21. The standard InChI is InChI=1S/C21H36N10O6/c1-10(2)16(31-17(33)12(22)4-3-5-27-21(24)25)19(35)29-13(7-15(23)32)18(34)30-14(20(36)37)6-11-8-26-9-28-11/h8-10,12-14,16H,3-7,22H2,1-2H3,(H2,23,32)(H,26,28)(H,29,35)(H,30,34)(H,31,33)(H,36,37)(H4,24,25,27). The molecule has 4 unspecified atom stereocenters. The van der Waals surface area contributed by atoms with Crippen LogP contribution in [-0.2, 0) is 30.4 Å². The highest BCUT2D eigenvalue weighted by molar-refractivity contribution is 5.96. The Morgan fingerprint density at radius 2 is 1.68 bits per heavy atom. The molecule has 0 aliphatic heterocycles. The summed E-state index contributed by atoms with van der Waals surface area (Å²) in [6.45, 7) is 3.59. The van der Waals surface area contributed by atoms with Gasteiger partial charge in [-0.05, 0) is 18.8 Å². The Kier molecular flexibility index (Phi) is 12.5. The number of nitrogens with zero attached hydrogens (tertiary/aromatic N) is 2. The number of H-pyrrole nitrogens is 1. The predicted octanol–water partition coefficient (Wildman–Crippen LogP) is -3.60. The lowest BCUT2D eigenvalue weighted by Gasteiger charge is -2.26. The van der Waals surface area contributed by atoms with Crippen LogP contribution >= 0.6 is 0 Å². The Bertz CT molecular complexity index is 961. The second-order valence-electron chi connectivity index (χ2n) is 8.70. The van der Waals surface area contributed by atoms with Gasteiger partial charge < -0.3 is 49.0 Å². The topological polar surface area (TPSA) is 287 Å². The van der Waals surface area contributed by atoms with E-state index in [9.17, 15) is 29.1 Å². The van der Waals surface area contributed by atoms with Crippen molar-refractivity contribution in [2.45, 2.75) is 63.7 Å². The molecule has 0 aliphatic carbocycles. The monoisotopic (exact) mass is 524 g/mol. The first-order chi connectivity index (χ1) is 17.3. The van der Waals surface area contributed by atoms with Gasteiger partial charge in [0.1, 0.15) is 18.1 Å². The Morgan fingerprint density at radius 1 is 1.03 bits per heavy atom. The van der Waals surface area contributed by atoms with Crippen LogP contribution in [0.1, 0.15) is 38.8 Å². The molecule has 0 saturated carbocycles. The molecule has 0 aromatic carbocycles. The fraction of sp³-hybridized carbons (Fsp3) is 0.571. The van der Waals surface area contributed by atoms with Crippen molar-refractivity contribution >= 4 is 35.6 Å². The SMILES string of the molecule is CC(C)C(NC(=O)C(N)CCCN=C(N)N)C(=O)NC(CC(N)=O)C(=O)NC(Cc1cnc[nH]1)C(=O)O. The van der Waals surface area contributed by atoms with Crippen molar-refractivity contribution < 1.29 is 29.1 Å². The third-order valence-electron chi connectivity index (χ3n) is 5.18. The van der Waals surface area contributed by atoms with Crippen LogP contribution in [0.15, 0.2) is 17.5 Å². The number of aliphatic imine (C=N–C) groups is 1. The number of carboxylic acid groups (broad SMARTS) is 1. The minimum absolute atomic E-state index is 0.0832. The molecular formula is C21H36N10O6. The van der Waals surface area contributed by atoms with Gasteiger partial charge in [-0.3, -0.25) is 24.2 Å². The zero-order chi connectivity index (χ0) is 28.1. The maximum absolute atomic E-state index is 13.0. The van der Waals surface area contributed by atoms with Crippen molar-refractivity contribution in [1.82, 2.24) is 25.9 Å². The van der Waals surface area contributed by atoms with Crippen molar-refractivity contribution in [2.24, 2.45) is 33.8 Å². The van der Waals surface area contributed by atoms with Crippen LogP contribution in [0, 0.1) is 5.92 Å². The number of rotatable bonds is 16. The van der Waals surface area contributed by atoms with Gasteiger partial charge in [0, 0.05) is 24.9 Å². The molecule has 4 amide bonds. The maximum Gasteiger partial charge on any atom is 0.326 e. The number of primary amides is 1. The smallest absolute Gasteiger partial charge is 0.326 e. The molecule has 1 rings (SSSR count). The number of aromatic nitrogens is 2. The van der Waals surface area contributed by atoms with Crippen LogP contribution in [0.3, 0.4) is 0 Å². The second-order valence-corrected chi connectivity index (χ2v) is 8.70. The normalized spacial score (nSPS) is 14.1. The number of carboxylic acids is 1. The number of aliphatic carboxylic acids is 1. The quantitative estimate of drug-likeness (QED) is 0.0581. The molecule has 0 bridgehead atoms. The number of hydrogen-bond acceptors (Lipinski definition) is 8. The molecule has 16 nitrogen and oxygen atoms in total. The number of guanidine groups is 1. The van der Waals surface area contributed by atoms with Crippen LogP contribution in [0.5, 0.6) is 0 Å². The molecule has 37 heavy (non-hydrogen) atoms. The third kappa shape index (κ3) is 11.4. The summed E-state index contributed by atoms with van der Waals surface area (Å²) in [5, 5.41) is 16.7. The van der Waals surface area contributed by atoms with Crippen molar-refractivity contribution in [3.8, 4) is 0 Å². The van der Waals surface area contributed by atoms with Crippen LogP contribution < -0.4 is 38.9 Å². The molecule has 16 heteroatoms. The van der Waals surface area contributed by atoms with E-state index in [0.717, 1.165) is 0 Å². The van der Waals surface area contributed by atoms with Crippen LogP contribution in [0.2, 0.25) is 0 Å². The van der Waals surface area contributed by atoms with E-state index >= 15 is 0 Å². The summed E-state index contributed by atoms with van der Waals surface area (Å²) in [4.78, 5) is 71.8. The van der Waals surface area contributed by atoms with E-state index in [1.807, 2.05) is 0 Å². The largest absolute Gasteiger partial charge is 0.480 e. The number of carbonyl (C=O) groups is 5. The molecule has 1 aromatic rings. The third-order valence-corrected chi connectivity index (χ3v) is 5.18. The van der Waals surface area contributed by atoms with Gasteiger partial charge in [-0.2, -0.15) is 0 Å². The summed E-state index contributed by atoms with van der Waals surface area (Å²) in [6, 6.07) is -4.93. The summed E-state index contributed by atoms with van der Waals surface area (Å²) in [7, 11) is 0. The van der Waals surface area contributed by atoms with Gasteiger partial charge in [-0.15, -0.1) is 0 Å². The molecule has 1 heterocycles. The van der Waals surface area contributed by atoms with E-state index in [1.165, 1.54) is 12.5 Å². The first kappa shape index (κ1) is 30.8. The lowest BCUT2D eigenvalue weighted by Crippen LogP contribution is -2.59. The molecule has 0 fully saturated rings. The number of nitrogens with two attached hydrogens (primary N) is 4. The van der Waals surface area contributed by atoms with Crippen molar-refractivity contribution in [1.29, 1.82) is 0 Å². The zero-order valence-electron chi connectivity index (χ0n) is 20.8. The van der Waals surface area contributed by atoms with Crippen LogP contribution in [-0.4, -0.2) is 81.3 Å². The molecule has 0 saturated heterocycles. The minimum atomic E-state index is -1.49. The van der Waals surface area contributed by atoms with Crippen molar-refractivity contribution in [3.63, 3.8) is 0 Å². The highest BCUT2D eigenvalue weighted by atomic mass is 16.4. The fourth-order valence-corrected chi connectivity index (χ4v) is 3.21. The number of amides is 4. The average molecular weight is 525 g/mol. The van der Waals surface area contributed by atoms with E-state index in [1.54, 1.807) is 13.8 Å². The van der Waals surface area contributed by atoms with Gasteiger partial charge in [-0.1, -0.05) is 13.8 Å². The Morgan fingerprint density at radius 3 is 2.19 bits per heavy atom. The zero-order valence-corrected chi connectivity index (χ0v) is 20.8. The summed E-state index contributed by atoms with van der Waals surface area (Å²) >= 11 is 0. The number of aromatic amines is 1. The molecular weight excluding hydrogens is 488 g/mol. The molecule has 1 aromatic heterocycles. The number of imidazole rings is 1. The minimum Gasteiger partial charge on any atom is -0.480 e. The van der Waals surface area contributed by atoms with Crippen molar-refractivity contribution in [2.75, 3.05) is 6.54 Å². The molecule has 0 spiro atoms. The van der Waals surface area contributed by atoms with Gasteiger partial charge >= 0.3 is 5.97 Å². The Balaban J connectivity index is 2.88. The molecule has 4 atom stereocenters. The highest BCUT2D eigenvalue weighted by Crippen LogP contribution is 2.06. The summed E-state index contributed by atoms with van der Waals surface area (Å²) in [5.41, 5.74) is 22.1. The lowest BCUT2D eigenvalue weighted by molar-refractivity contribution is -0.142. The summed E-state index contributed by atoms with van der Waals surface area (Å²) < 4.78 is 0. The van der Waals surface area contributed by atoms with E-state index < -0.39 is 66.1 Å². The molecule has 0 aliphatic rings. The van der Waals surface area contributed by atoms with Crippen LogP contribution in [0.4, 0.5) is 0 Å². The summed E-state index contributed by atoms with van der Waals surface area (Å²) in [6.07, 6.45) is 2.69. The Hall–Kier alpha value is -4.21. The van der Waals surface area contributed by atoms with E-state index in [2.05, 4.69) is 30.9 Å². The lowest BCUT2D eigenvalue weighted by atomic mass is 10.0. The number of nitrogens with one attached hydrogen (secondary N) is 4. The van der Waals surface area contributed by atoms with Gasteiger partial charge in [0.15, 0.2) is 5.96 Å². The van der Waals surface area contributed by atoms with Gasteiger partial charge in [0.2, 0.25) is 23.6 Å². The van der Waals surface area contributed by atoms with E-state index in [-0.39, 0.29) is 25.3 Å². The van der Waals surface area contributed by atoms with Gasteiger partial charge in [0.05, 0.1) is 18.8 Å². The molecule has 206 valence electrons. The first-order valence-corrected chi connectivity index (χ1v) is 11.5. The highest BCUT2D eigenvalue weighted by Gasteiger charge is 2.32. The van der Waals surface area contributed by atoms with E-state index in [0.29, 0.717) is 12.1 Å². The average Bonchev–Trinajstić information content (AvgIpc) is 3.31. The number of hydrogen-bond donors (Lipinski definition) is 9. The molecule has 0 radical (unpaired) electrons. The Labute approximate surface area is 213 Å². The van der Waals surface area contributed by atoms with E-state index in [4.69, 9.17) is 22.9 Å². The van der Waals surface area contributed by atoms with Crippen molar-refractivity contribution in [3.05, 3.63) is 18.2 Å². The second kappa shape index (κ2) is 15.0.